The number of benzene rings is 2. The zero-order valence-electron chi connectivity index (χ0n) is 12.4. The number of anilines is 1. The van der Waals surface area contributed by atoms with Crippen molar-refractivity contribution in [1.82, 2.24) is 0 Å². The molecule has 0 amide bonds. The Bertz CT molecular complexity index is 654. The van der Waals surface area contributed by atoms with Gasteiger partial charge in [0.05, 0.1) is 12.6 Å². The van der Waals surface area contributed by atoms with Crippen LogP contribution in [0, 0.1) is 12.7 Å². The lowest BCUT2D eigenvalue weighted by atomic mass is 10.00. The smallest absolute Gasteiger partial charge is 0.125 e. The van der Waals surface area contributed by atoms with Crippen LogP contribution in [-0.4, -0.2) is 6.61 Å². The Kier molecular flexibility index (Phi) is 3.82. The van der Waals surface area contributed by atoms with Gasteiger partial charge < -0.3 is 10.1 Å². The van der Waals surface area contributed by atoms with Crippen LogP contribution in [0.1, 0.15) is 36.1 Å². The SMILES string of the molecule is CCC(Nc1cc(F)ccc1C)c1ccc2c(c1)CCO2. The van der Waals surface area contributed by atoms with Crippen molar-refractivity contribution < 1.29 is 9.13 Å². The second-order valence-corrected chi connectivity index (χ2v) is 5.53. The van der Waals surface area contributed by atoms with Gasteiger partial charge in [-0.15, -0.1) is 0 Å². The van der Waals surface area contributed by atoms with Crippen LogP contribution in [0.3, 0.4) is 0 Å². The summed E-state index contributed by atoms with van der Waals surface area (Å²) >= 11 is 0. The molecule has 0 spiro atoms. The van der Waals surface area contributed by atoms with Crippen LogP contribution >= 0.6 is 0 Å². The molecule has 1 aliphatic rings. The molecule has 1 aliphatic heterocycles. The third-order valence-electron chi connectivity index (χ3n) is 4.05. The second kappa shape index (κ2) is 5.76. The summed E-state index contributed by atoms with van der Waals surface area (Å²) in [6.07, 6.45) is 1.91. The molecular formula is C18H20FNO. The maximum absolute atomic E-state index is 13.4. The van der Waals surface area contributed by atoms with Crippen molar-refractivity contribution in [3.05, 3.63) is 58.9 Å². The van der Waals surface area contributed by atoms with Gasteiger partial charge in [-0.25, -0.2) is 4.39 Å². The van der Waals surface area contributed by atoms with Gasteiger partial charge in [0.15, 0.2) is 0 Å². The molecule has 1 atom stereocenters. The average Bonchev–Trinajstić information content (AvgIpc) is 2.95. The summed E-state index contributed by atoms with van der Waals surface area (Å²) in [7, 11) is 0. The van der Waals surface area contributed by atoms with E-state index in [-0.39, 0.29) is 11.9 Å². The monoisotopic (exact) mass is 285 g/mol. The maximum Gasteiger partial charge on any atom is 0.125 e. The Morgan fingerprint density at radius 3 is 2.90 bits per heavy atom. The third-order valence-corrected chi connectivity index (χ3v) is 4.05. The predicted octanol–water partition coefficient (Wildman–Crippen LogP) is 4.63. The Labute approximate surface area is 125 Å². The Balaban J connectivity index is 1.86. The fourth-order valence-electron chi connectivity index (χ4n) is 2.78. The highest BCUT2D eigenvalue weighted by Gasteiger charge is 2.16. The van der Waals surface area contributed by atoms with Crippen molar-refractivity contribution in [1.29, 1.82) is 0 Å². The predicted molar refractivity (Wildman–Crippen MR) is 83.4 cm³/mol. The van der Waals surface area contributed by atoms with Gasteiger partial charge in [-0.3, -0.25) is 0 Å². The summed E-state index contributed by atoms with van der Waals surface area (Å²) < 4.78 is 19.0. The highest BCUT2D eigenvalue weighted by molar-refractivity contribution is 5.53. The van der Waals surface area contributed by atoms with Crippen molar-refractivity contribution in [2.24, 2.45) is 0 Å². The molecular weight excluding hydrogens is 265 g/mol. The molecule has 2 aromatic rings. The molecule has 110 valence electrons. The first-order valence-corrected chi connectivity index (χ1v) is 7.45. The Hall–Kier alpha value is -2.03. The van der Waals surface area contributed by atoms with E-state index in [0.717, 1.165) is 36.4 Å². The van der Waals surface area contributed by atoms with Gasteiger partial charge >= 0.3 is 0 Å². The van der Waals surface area contributed by atoms with E-state index in [1.54, 1.807) is 12.1 Å². The molecule has 0 aliphatic carbocycles. The lowest BCUT2D eigenvalue weighted by Gasteiger charge is -2.21. The Morgan fingerprint density at radius 2 is 2.10 bits per heavy atom. The zero-order chi connectivity index (χ0) is 14.8. The molecule has 3 heteroatoms. The standard InChI is InChI=1S/C18H20FNO/c1-3-16(20-17-11-15(19)6-4-12(17)2)13-5-7-18-14(10-13)8-9-21-18/h4-7,10-11,16,20H,3,8-9H2,1-2H3. The largest absolute Gasteiger partial charge is 0.493 e. The van der Waals surface area contributed by atoms with Gasteiger partial charge in [-0.1, -0.05) is 19.1 Å². The van der Waals surface area contributed by atoms with E-state index < -0.39 is 0 Å². The lowest BCUT2D eigenvalue weighted by Crippen LogP contribution is -2.11. The molecule has 0 saturated carbocycles. The van der Waals surface area contributed by atoms with Crippen molar-refractivity contribution in [3.63, 3.8) is 0 Å². The van der Waals surface area contributed by atoms with Crippen molar-refractivity contribution in [3.8, 4) is 5.75 Å². The third kappa shape index (κ3) is 2.87. The first-order valence-electron chi connectivity index (χ1n) is 7.45. The molecule has 0 radical (unpaired) electrons. The molecule has 1 heterocycles. The average molecular weight is 285 g/mol. The van der Waals surface area contributed by atoms with Crippen LogP contribution in [-0.2, 0) is 6.42 Å². The quantitative estimate of drug-likeness (QED) is 0.884. The molecule has 1 N–H and O–H groups in total. The van der Waals surface area contributed by atoms with Crippen molar-refractivity contribution in [2.75, 3.05) is 11.9 Å². The van der Waals surface area contributed by atoms with Crippen LogP contribution < -0.4 is 10.1 Å². The van der Waals surface area contributed by atoms with E-state index in [1.165, 1.54) is 17.2 Å². The van der Waals surface area contributed by atoms with Crippen LogP contribution in [0.2, 0.25) is 0 Å². The molecule has 0 bridgehead atoms. The summed E-state index contributed by atoms with van der Waals surface area (Å²) in [5.74, 6) is 0.788. The zero-order valence-corrected chi connectivity index (χ0v) is 12.4. The van der Waals surface area contributed by atoms with Crippen LogP contribution in [0.15, 0.2) is 36.4 Å². The van der Waals surface area contributed by atoms with Gasteiger partial charge in [-0.05, 0) is 54.3 Å². The number of hydrogen-bond acceptors (Lipinski definition) is 2. The number of hydrogen-bond donors (Lipinski definition) is 1. The number of fused-ring (bicyclic) bond motifs is 1. The minimum absolute atomic E-state index is 0.177. The minimum atomic E-state index is -0.208. The summed E-state index contributed by atoms with van der Waals surface area (Å²) in [4.78, 5) is 0. The molecule has 1 unspecified atom stereocenters. The van der Waals surface area contributed by atoms with Gasteiger partial charge in [0.1, 0.15) is 11.6 Å². The number of ether oxygens (including phenoxy) is 1. The second-order valence-electron chi connectivity index (χ2n) is 5.53. The maximum atomic E-state index is 13.4. The first kappa shape index (κ1) is 13.9. The van der Waals surface area contributed by atoms with Gasteiger partial charge in [0.25, 0.3) is 0 Å². The fourth-order valence-corrected chi connectivity index (χ4v) is 2.78. The molecule has 21 heavy (non-hydrogen) atoms. The molecule has 2 aromatic carbocycles. The van der Waals surface area contributed by atoms with Crippen molar-refractivity contribution in [2.45, 2.75) is 32.7 Å². The van der Waals surface area contributed by atoms with Crippen LogP contribution in [0.4, 0.5) is 10.1 Å². The highest BCUT2D eigenvalue weighted by atomic mass is 19.1. The van der Waals surface area contributed by atoms with Gasteiger partial charge in [-0.2, -0.15) is 0 Å². The number of nitrogens with one attached hydrogen (secondary N) is 1. The highest BCUT2D eigenvalue weighted by Crippen LogP contribution is 2.31. The topological polar surface area (TPSA) is 21.3 Å². The van der Waals surface area contributed by atoms with Gasteiger partial charge in [0.2, 0.25) is 0 Å². The number of aryl methyl sites for hydroxylation is 1. The van der Waals surface area contributed by atoms with Crippen molar-refractivity contribution >= 4 is 5.69 Å². The molecule has 0 saturated heterocycles. The van der Waals surface area contributed by atoms with E-state index in [4.69, 9.17) is 4.74 Å². The van der Waals surface area contributed by atoms with E-state index >= 15 is 0 Å². The normalized spacial score (nSPS) is 14.4. The molecule has 3 rings (SSSR count). The summed E-state index contributed by atoms with van der Waals surface area (Å²) in [5, 5.41) is 3.46. The summed E-state index contributed by atoms with van der Waals surface area (Å²) in [6, 6.07) is 11.4. The summed E-state index contributed by atoms with van der Waals surface area (Å²) in [5.41, 5.74) is 4.41. The lowest BCUT2D eigenvalue weighted by molar-refractivity contribution is 0.357. The number of halogens is 1. The fraction of sp³-hybridized carbons (Fsp3) is 0.333. The molecule has 2 nitrogen and oxygen atoms in total. The molecule has 0 aromatic heterocycles. The van der Waals surface area contributed by atoms with Crippen LogP contribution in [0.25, 0.3) is 0 Å². The van der Waals surface area contributed by atoms with E-state index in [1.807, 2.05) is 13.0 Å². The summed E-state index contributed by atoms with van der Waals surface area (Å²) in [6.45, 7) is 4.90. The number of rotatable bonds is 4. The minimum Gasteiger partial charge on any atom is -0.493 e. The van der Waals surface area contributed by atoms with Crippen LogP contribution in [0.5, 0.6) is 5.75 Å². The Morgan fingerprint density at radius 1 is 1.24 bits per heavy atom. The van der Waals surface area contributed by atoms with E-state index in [9.17, 15) is 4.39 Å². The molecule has 0 fully saturated rings. The van der Waals surface area contributed by atoms with E-state index in [0.29, 0.717) is 0 Å². The van der Waals surface area contributed by atoms with E-state index in [2.05, 4.69) is 24.4 Å². The van der Waals surface area contributed by atoms with Gasteiger partial charge in [0, 0.05) is 12.1 Å². The first-order chi connectivity index (χ1) is 10.2.